The smallest absolute Gasteiger partial charge is 0.191 e. The fraction of sp³-hybridized carbons (Fsp3) is 0.917. The fourth-order valence-corrected chi connectivity index (χ4v) is 2.32. The third-order valence-electron chi connectivity index (χ3n) is 3.15. The summed E-state index contributed by atoms with van der Waals surface area (Å²) in [5.74, 6) is 0.756. The molecule has 0 aromatic rings. The maximum atomic E-state index is 6.02. The predicted molar refractivity (Wildman–Crippen MR) is 66.0 cm³/mol. The van der Waals surface area contributed by atoms with Crippen molar-refractivity contribution in [3.05, 3.63) is 0 Å². The van der Waals surface area contributed by atoms with E-state index in [-0.39, 0.29) is 0 Å². The molecule has 88 valence electrons. The van der Waals surface area contributed by atoms with E-state index in [2.05, 4.69) is 23.7 Å². The number of aliphatic imine (C=N–C) groups is 1. The Morgan fingerprint density at radius 1 is 1.27 bits per heavy atom. The molecule has 0 bridgehead atoms. The molecule has 0 aromatic heterocycles. The topological polar surface area (TPSA) is 41.6 Å². The second kappa shape index (κ2) is 6.70. The van der Waals surface area contributed by atoms with Crippen LogP contribution in [0.2, 0.25) is 0 Å². The number of nitrogens with two attached hydrogens (primary N) is 1. The Bertz CT molecular complexity index is 195. The second-order valence-corrected chi connectivity index (χ2v) is 4.32. The Balaban J connectivity index is 2.52. The molecule has 0 unspecified atom stereocenters. The summed E-state index contributed by atoms with van der Waals surface area (Å²) >= 11 is 0. The monoisotopic (exact) mass is 211 g/mol. The van der Waals surface area contributed by atoms with E-state index in [9.17, 15) is 0 Å². The number of nitrogens with zero attached hydrogens (tertiary/aromatic N) is 2. The Hall–Kier alpha value is -0.730. The van der Waals surface area contributed by atoms with Crippen molar-refractivity contribution in [1.29, 1.82) is 0 Å². The Labute approximate surface area is 93.7 Å². The van der Waals surface area contributed by atoms with Gasteiger partial charge in [-0.05, 0) is 26.2 Å². The van der Waals surface area contributed by atoms with Crippen LogP contribution in [0.5, 0.6) is 0 Å². The van der Waals surface area contributed by atoms with Crippen LogP contribution in [0.3, 0.4) is 0 Å². The molecule has 0 amide bonds. The van der Waals surface area contributed by atoms with Gasteiger partial charge in [-0.1, -0.05) is 26.2 Å². The minimum absolute atomic E-state index is 0.643. The van der Waals surface area contributed by atoms with Crippen molar-refractivity contribution >= 4 is 5.96 Å². The molecular formula is C12H25N3. The van der Waals surface area contributed by atoms with Gasteiger partial charge in [0.15, 0.2) is 5.96 Å². The third-order valence-corrected chi connectivity index (χ3v) is 3.15. The van der Waals surface area contributed by atoms with Crippen molar-refractivity contribution < 1.29 is 0 Å². The van der Waals surface area contributed by atoms with Crippen LogP contribution in [0.15, 0.2) is 4.99 Å². The summed E-state index contributed by atoms with van der Waals surface area (Å²) in [6.07, 6.45) is 7.74. The lowest BCUT2D eigenvalue weighted by molar-refractivity contribution is 0.249. The molecule has 1 saturated carbocycles. The molecule has 0 spiro atoms. The largest absolute Gasteiger partial charge is 0.370 e. The Kier molecular flexibility index (Phi) is 5.51. The molecule has 0 atom stereocenters. The van der Waals surface area contributed by atoms with Gasteiger partial charge in [0.25, 0.3) is 0 Å². The minimum Gasteiger partial charge on any atom is -0.370 e. The quantitative estimate of drug-likeness (QED) is 0.573. The number of rotatable bonds is 4. The van der Waals surface area contributed by atoms with Gasteiger partial charge in [0.2, 0.25) is 0 Å². The zero-order chi connectivity index (χ0) is 11.1. The van der Waals surface area contributed by atoms with Crippen molar-refractivity contribution in [2.75, 3.05) is 13.1 Å². The van der Waals surface area contributed by atoms with E-state index in [1.54, 1.807) is 0 Å². The lowest BCUT2D eigenvalue weighted by atomic mass is 9.94. The van der Waals surface area contributed by atoms with E-state index in [4.69, 9.17) is 5.73 Å². The SMILES string of the molecule is CCCN=C(N)N(CC)C1CCCCC1. The minimum atomic E-state index is 0.643. The van der Waals surface area contributed by atoms with Gasteiger partial charge in [0.1, 0.15) is 0 Å². The molecule has 3 nitrogen and oxygen atoms in total. The van der Waals surface area contributed by atoms with Gasteiger partial charge >= 0.3 is 0 Å². The first-order valence-electron chi connectivity index (χ1n) is 6.36. The lowest BCUT2D eigenvalue weighted by Crippen LogP contribution is -2.45. The summed E-state index contributed by atoms with van der Waals surface area (Å²) in [5, 5.41) is 0. The first-order chi connectivity index (χ1) is 7.29. The van der Waals surface area contributed by atoms with E-state index in [1.807, 2.05) is 0 Å². The Morgan fingerprint density at radius 3 is 2.47 bits per heavy atom. The zero-order valence-electron chi connectivity index (χ0n) is 10.2. The van der Waals surface area contributed by atoms with Crippen LogP contribution in [0.25, 0.3) is 0 Å². The highest BCUT2D eigenvalue weighted by Gasteiger charge is 2.20. The van der Waals surface area contributed by atoms with Crippen molar-refractivity contribution in [2.45, 2.75) is 58.4 Å². The van der Waals surface area contributed by atoms with Gasteiger partial charge in [-0.25, -0.2) is 0 Å². The average Bonchev–Trinajstić information content (AvgIpc) is 2.29. The van der Waals surface area contributed by atoms with Gasteiger partial charge in [0, 0.05) is 19.1 Å². The summed E-state index contributed by atoms with van der Waals surface area (Å²) in [6, 6.07) is 0.643. The maximum absolute atomic E-state index is 6.02. The highest BCUT2D eigenvalue weighted by atomic mass is 15.3. The number of guanidine groups is 1. The molecule has 0 aliphatic heterocycles. The van der Waals surface area contributed by atoms with Crippen LogP contribution in [0.4, 0.5) is 0 Å². The molecular weight excluding hydrogens is 186 g/mol. The zero-order valence-corrected chi connectivity index (χ0v) is 10.2. The predicted octanol–water partition coefficient (Wildman–Crippen LogP) is 2.37. The molecule has 3 heteroatoms. The third kappa shape index (κ3) is 3.73. The Morgan fingerprint density at radius 2 is 1.93 bits per heavy atom. The van der Waals surface area contributed by atoms with Gasteiger partial charge in [-0.2, -0.15) is 0 Å². The van der Waals surface area contributed by atoms with E-state index in [0.717, 1.165) is 25.5 Å². The molecule has 0 aromatic carbocycles. The summed E-state index contributed by atoms with van der Waals surface area (Å²) in [5.41, 5.74) is 6.02. The lowest BCUT2D eigenvalue weighted by Gasteiger charge is -2.34. The van der Waals surface area contributed by atoms with Crippen molar-refractivity contribution in [2.24, 2.45) is 10.7 Å². The van der Waals surface area contributed by atoms with Crippen molar-refractivity contribution in [3.63, 3.8) is 0 Å². The van der Waals surface area contributed by atoms with E-state index >= 15 is 0 Å². The van der Waals surface area contributed by atoms with E-state index in [1.165, 1.54) is 32.1 Å². The molecule has 1 aliphatic carbocycles. The first-order valence-corrected chi connectivity index (χ1v) is 6.36. The second-order valence-electron chi connectivity index (χ2n) is 4.32. The molecule has 0 radical (unpaired) electrons. The van der Waals surface area contributed by atoms with Crippen LogP contribution >= 0.6 is 0 Å². The normalized spacial score (nSPS) is 19.2. The van der Waals surface area contributed by atoms with Crippen LogP contribution in [-0.2, 0) is 0 Å². The molecule has 0 saturated heterocycles. The highest BCUT2D eigenvalue weighted by Crippen LogP contribution is 2.22. The van der Waals surface area contributed by atoms with Crippen LogP contribution < -0.4 is 5.73 Å². The summed E-state index contributed by atoms with van der Waals surface area (Å²) in [7, 11) is 0. The van der Waals surface area contributed by atoms with Gasteiger partial charge < -0.3 is 10.6 Å². The average molecular weight is 211 g/mol. The molecule has 1 aliphatic rings. The fourth-order valence-electron chi connectivity index (χ4n) is 2.32. The summed E-state index contributed by atoms with van der Waals surface area (Å²) < 4.78 is 0. The van der Waals surface area contributed by atoms with Crippen molar-refractivity contribution in [1.82, 2.24) is 4.90 Å². The molecule has 1 fully saturated rings. The van der Waals surface area contributed by atoms with E-state index in [0.29, 0.717) is 6.04 Å². The highest BCUT2D eigenvalue weighted by molar-refractivity contribution is 5.78. The summed E-state index contributed by atoms with van der Waals surface area (Å²) in [4.78, 5) is 6.70. The van der Waals surface area contributed by atoms with Gasteiger partial charge in [-0.15, -0.1) is 0 Å². The summed E-state index contributed by atoms with van der Waals surface area (Å²) in [6.45, 7) is 6.15. The standard InChI is InChI=1S/C12H25N3/c1-3-10-14-12(13)15(4-2)11-8-6-5-7-9-11/h11H,3-10H2,1-2H3,(H2,13,14). The van der Waals surface area contributed by atoms with Gasteiger partial charge in [-0.3, -0.25) is 4.99 Å². The first kappa shape index (κ1) is 12.3. The molecule has 0 heterocycles. The van der Waals surface area contributed by atoms with Crippen LogP contribution in [0.1, 0.15) is 52.4 Å². The van der Waals surface area contributed by atoms with Crippen LogP contribution in [-0.4, -0.2) is 30.0 Å². The molecule has 1 rings (SSSR count). The van der Waals surface area contributed by atoms with Gasteiger partial charge in [0.05, 0.1) is 0 Å². The van der Waals surface area contributed by atoms with Crippen LogP contribution in [0, 0.1) is 0 Å². The number of hydrogen-bond donors (Lipinski definition) is 1. The van der Waals surface area contributed by atoms with E-state index < -0.39 is 0 Å². The van der Waals surface area contributed by atoms with Crippen molar-refractivity contribution in [3.8, 4) is 0 Å². The maximum Gasteiger partial charge on any atom is 0.191 e. The molecule has 2 N–H and O–H groups in total. The number of hydrogen-bond acceptors (Lipinski definition) is 1. The molecule has 15 heavy (non-hydrogen) atoms.